The predicted octanol–water partition coefficient (Wildman–Crippen LogP) is 3.31. The second-order valence-electron chi connectivity index (χ2n) is 5.34. The Morgan fingerprint density at radius 2 is 2.21 bits per heavy atom. The lowest BCUT2D eigenvalue weighted by molar-refractivity contribution is 0.175. The van der Waals surface area contributed by atoms with Gasteiger partial charge in [-0.3, -0.25) is 0 Å². The van der Waals surface area contributed by atoms with Crippen LogP contribution in [0.15, 0.2) is 6.33 Å². The van der Waals surface area contributed by atoms with Crippen molar-refractivity contribution in [1.82, 2.24) is 9.97 Å². The van der Waals surface area contributed by atoms with Crippen LogP contribution >= 0.6 is 11.6 Å². The highest BCUT2D eigenvalue weighted by Gasteiger charge is 2.41. The Morgan fingerprint density at radius 1 is 1.42 bits per heavy atom. The molecule has 5 heteroatoms. The number of rotatable bonds is 8. The zero-order valence-electron chi connectivity index (χ0n) is 11.7. The molecule has 19 heavy (non-hydrogen) atoms. The number of halogens is 1. The normalized spacial score (nSPS) is 16.4. The zero-order chi connectivity index (χ0) is 13.7. The van der Waals surface area contributed by atoms with Crippen LogP contribution in [-0.2, 0) is 11.2 Å². The molecular weight excluding hydrogens is 262 g/mol. The number of aromatic nitrogens is 2. The third-order valence-corrected chi connectivity index (χ3v) is 4.14. The zero-order valence-corrected chi connectivity index (χ0v) is 12.5. The fourth-order valence-corrected chi connectivity index (χ4v) is 2.52. The Morgan fingerprint density at radius 3 is 2.84 bits per heavy atom. The van der Waals surface area contributed by atoms with Crippen molar-refractivity contribution in [2.45, 2.75) is 39.0 Å². The van der Waals surface area contributed by atoms with Crippen LogP contribution in [0.2, 0.25) is 5.15 Å². The van der Waals surface area contributed by atoms with Gasteiger partial charge in [0, 0.05) is 25.8 Å². The molecule has 1 heterocycles. The molecule has 1 aliphatic carbocycles. The summed E-state index contributed by atoms with van der Waals surface area (Å²) in [5.41, 5.74) is 1.44. The molecule has 0 radical (unpaired) electrons. The quantitative estimate of drug-likeness (QED) is 0.744. The number of nitrogens with zero attached hydrogens (tertiary/aromatic N) is 2. The van der Waals surface area contributed by atoms with E-state index in [1.165, 1.54) is 19.2 Å². The number of methoxy groups -OCH3 is 1. The standard InChI is InChI=1S/C14H22ClN3O/c1-3-4-11-12(15)17-10-18-13(11)16-9-14(5-6-14)7-8-19-2/h10H,3-9H2,1-2H3,(H,16,17,18). The highest BCUT2D eigenvalue weighted by atomic mass is 35.5. The van der Waals surface area contributed by atoms with Gasteiger partial charge in [0.05, 0.1) is 0 Å². The Hall–Kier alpha value is -0.870. The maximum Gasteiger partial charge on any atom is 0.137 e. The molecule has 1 aliphatic rings. The number of ether oxygens (including phenoxy) is 1. The second-order valence-corrected chi connectivity index (χ2v) is 5.70. The smallest absolute Gasteiger partial charge is 0.137 e. The van der Waals surface area contributed by atoms with Crippen LogP contribution in [0, 0.1) is 5.41 Å². The number of anilines is 1. The summed E-state index contributed by atoms with van der Waals surface area (Å²) in [5.74, 6) is 0.894. The van der Waals surface area contributed by atoms with Gasteiger partial charge in [0.15, 0.2) is 0 Å². The van der Waals surface area contributed by atoms with Gasteiger partial charge in [-0.15, -0.1) is 0 Å². The van der Waals surface area contributed by atoms with E-state index in [-0.39, 0.29) is 0 Å². The summed E-state index contributed by atoms with van der Waals surface area (Å²) < 4.78 is 5.18. The van der Waals surface area contributed by atoms with E-state index in [9.17, 15) is 0 Å². The largest absolute Gasteiger partial charge is 0.385 e. The van der Waals surface area contributed by atoms with Crippen molar-refractivity contribution in [3.8, 4) is 0 Å². The van der Waals surface area contributed by atoms with Gasteiger partial charge in [0.1, 0.15) is 17.3 Å². The summed E-state index contributed by atoms with van der Waals surface area (Å²) in [6.07, 6.45) is 7.12. The van der Waals surface area contributed by atoms with Gasteiger partial charge in [-0.1, -0.05) is 24.9 Å². The van der Waals surface area contributed by atoms with Crippen molar-refractivity contribution < 1.29 is 4.74 Å². The Labute approximate surface area is 119 Å². The van der Waals surface area contributed by atoms with Crippen LogP contribution in [-0.4, -0.2) is 30.2 Å². The van der Waals surface area contributed by atoms with Crippen molar-refractivity contribution >= 4 is 17.4 Å². The van der Waals surface area contributed by atoms with Crippen LogP contribution in [0.1, 0.15) is 38.2 Å². The van der Waals surface area contributed by atoms with Crippen molar-refractivity contribution in [1.29, 1.82) is 0 Å². The minimum atomic E-state index is 0.400. The van der Waals surface area contributed by atoms with Crippen LogP contribution < -0.4 is 5.32 Å². The van der Waals surface area contributed by atoms with E-state index in [0.717, 1.165) is 43.8 Å². The molecule has 4 nitrogen and oxygen atoms in total. The SMILES string of the molecule is CCCc1c(Cl)ncnc1NCC1(CCOC)CC1. The van der Waals surface area contributed by atoms with E-state index in [1.54, 1.807) is 7.11 Å². The van der Waals surface area contributed by atoms with E-state index >= 15 is 0 Å². The molecule has 0 aliphatic heterocycles. The lowest BCUT2D eigenvalue weighted by Crippen LogP contribution is -2.19. The summed E-state index contributed by atoms with van der Waals surface area (Å²) in [6, 6.07) is 0. The first-order valence-electron chi connectivity index (χ1n) is 6.93. The molecule has 0 bridgehead atoms. The molecule has 0 atom stereocenters. The summed E-state index contributed by atoms with van der Waals surface area (Å²) in [7, 11) is 1.76. The van der Waals surface area contributed by atoms with Crippen molar-refractivity contribution in [3.63, 3.8) is 0 Å². The van der Waals surface area contributed by atoms with Gasteiger partial charge in [-0.2, -0.15) is 0 Å². The molecule has 1 saturated carbocycles. The van der Waals surface area contributed by atoms with E-state index in [1.807, 2.05) is 0 Å². The molecule has 0 aromatic carbocycles. The first-order chi connectivity index (χ1) is 9.21. The van der Waals surface area contributed by atoms with Gasteiger partial charge in [0.2, 0.25) is 0 Å². The van der Waals surface area contributed by atoms with E-state index in [2.05, 4.69) is 22.2 Å². The summed E-state index contributed by atoms with van der Waals surface area (Å²) >= 11 is 6.15. The Kier molecular flexibility index (Phi) is 4.99. The van der Waals surface area contributed by atoms with Crippen LogP contribution in [0.3, 0.4) is 0 Å². The molecule has 1 aromatic heterocycles. The highest BCUT2D eigenvalue weighted by molar-refractivity contribution is 6.30. The van der Waals surface area contributed by atoms with Crippen LogP contribution in [0.25, 0.3) is 0 Å². The maximum atomic E-state index is 6.15. The van der Waals surface area contributed by atoms with Crippen LogP contribution in [0.5, 0.6) is 0 Å². The monoisotopic (exact) mass is 283 g/mol. The van der Waals surface area contributed by atoms with Crippen molar-refractivity contribution in [2.75, 3.05) is 25.6 Å². The second kappa shape index (κ2) is 6.53. The van der Waals surface area contributed by atoms with Gasteiger partial charge in [0.25, 0.3) is 0 Å². The average molecular weight is 284 g/mol. The molecule has 2 rings (SSSR count). The molecule has 0 spiro atoms. The third-order valence-electron chi connectivity index (χ3n) is 3.82. The highest BCUT2D eigenvalue weighted by Crippen LogP contribution is 2.48. The maximum absolute atomic E-state index is 6.15. The molecule has 1 fully saturated rings. The van der Waals surface area contributed by atoms with Crippen molar-refractivity contribution in [2.24, 2.45) is 5.41 Å². The summed E-state index contributed by atoms with van der Waals surface area (Å²) in [6.45, 7) is 3.91. The average Bonchev–Trinajstić information content (AvgIpc) is 3.18. The van der Waals surface area contributed by atoms with E-state index in [4.69, 9.17) is 16.3 Å². The molecular formula is C14H22ClN3O. The van der Waals surface area contributed by atoms with Gasteiger partial charge < -0.3 is 10.1 Å². The molecule has 1 aromatic rings. The van der Waals surface area contributed by atoms with Gasteiger partial charge in [-0.25, -0.2) is 9.97 Å². The van der Waals surface area contributed by atoms with Crippen molar-refractivity contribution in [3.05, 3.63) is 17.0 Å². The fourth-order valence-electron chi connectivity index (χ4n) is 2.30. The van der Waals surface area contributed by atoms with Gasteiger partial charge in [-0.05, 0) is 31.1 Å². The first kappa shape index (κ1) is 14.5. The topological polar surface area (TPSA) is 47.0 Å². The minimum absolute atomic E-state index is 0.400. The fraction of sp³-hybridized carbons (Fsp3) is 0.714. The van der Waals surface area contributed by atoms with E-state index < -0.39 is 0 Å². The molecule has 0 unspecified atom stereocenters. The Balaban J connectivity index is 1.97. The number of hydrogen-bond acceptors (Lipinski definition) is 4. The van der Waals surface area contributed by atoms with E-state index in [0.29, 0.717) is 10.6 Å². The Bertz CT molecular complexity index is 421. The predicted molar refractivity (Wildman–Crippen MR) is 77.7 cm³/mol. The summed E-state index contributed by atoms with van der Waals surface area (Å²) in [4.78, 5) is 8.39. The number of hydrogen-bond donors (Lipinski definition) is 1. The molecule has 1 N–H and O–H groups in total. The van der Waals surface area contributed by atoms with Gasteiger partial charge >= 0.3 is 0 Å². The summed E-state index contributed by atoms with van der Waals surface area (Å²) in [5, 5.41) is 4.03. The lowest BCUT2D eigenvalue weighted by Gasteiger charge is -2.17. The lowest BCUT2D eigenvalue weighted by atomic mass is 10.0. The van der Waals surface area contributed by atoms with Crippen LogP contribution in [0.4, 0.5) is 5.82 Å². The first-order valence-corrected chi connectivity index (χ1v) is 7.31. The molecule has 0 amide bonds. The third kappa shape index (κ3) is 3.80. The molecule has 106 valence electrons. The molecule has 0 saturated heterocycles. The number of nitrogens with one attached hydrogen (secondary N) is 1. The minimum Gasteiger partial charge on any atom is -0.385 e.